The van der Waals surface area contributed by atoms with Gasteiger partial charge in [-0.1, -0.05) is 6.07 Å². The largest absolute Gasteiger partial charge is 0.433 e. The number of aromatic nitrogens is 4. The Morgan fingerprint density at radius 3 is 2.87 bits per heavy atom. The summed E-state index contributed by atoms with van der Waals surface area (Å²) in [6.45, 7) is 3.86. The number of anilines is 2. The molecule has 3 heterocycles. The van der Waals surface area contributed by atoms with Gasteiger partial charge in [-0.2, -0.15) is 18.3 Å². The van der Waals surface area contributed by atoms with Crippen molar-refractivity contribution in [2.24, 2.45) is 0 Å². The van der Waals surface area contributed by atoms with Crippen molar-refractivity contribution in [2.45, 2.75) is 44.9 Å². The Morgan fingerprint density at radius 2 is 2.10 bits per heavy atom. The van der Waals surface area contributed by atoms with Crippen molar-refractivity contribution < 1.29 is 13.2 Å². The summed E-state index contributed by atoms with van der Waals surface area (Å²) in [4.78, 5) is 7.47. The van der Waals surface area contributed by atoms with Gasteiger partial charge in [0.15, 0.2) is 0 Å². The van der Waals surface area contributed by atoms with E-state index in [4.69, 9.17) is 0 Å². The minimum atomic E-state index is -4.51. The van der Waals surface area contributed by atoms with Crippen molar-refractivity contribution in [3.8, 4) is 11.1 Å². The number of halogens is 3. The third-order valence-corrected chi connectivity index (χ3v) is 5.12. The van der Waals surface area contributed by atoms with Crippen molar-refractivity contribution in [3.05, 3.63) is 54.1 Å². The van der Waals surface area contributed by atoms with E-state index in [1.165, 1.54) is 12.8 Å². The quantitative estimate of drug-likeness (QED) is 0.617. The molecule has 1 atom stereocenters. The Balaban J connectivity index is 1.50. The molecule has 1 unspecified atom stereocenters. The van der Waals surface area contributed by atoms with Gasteiger partial charge in [0.05, 0.1) is 6.20 Å². The van der Waals surface area contributed by atoms with Crippen LogP contribution in [0.2, 0.25) is 0 Å². The molecular weight excluding hydrogens is 393 g/mol. The minimum absolute atomic E-state index is 0.0962. The van der Waals surface area contributed by atoms with Crippen LogP contribution in [-0.4, -0.2) is 32.3 Å². The van der Waals surface area contributed by atoms with Crippen LogP contribution in [0, 0.1) is 6.92 Å². The second kappa shape index (κ2) is 8.43. The fraction of sp³-hybridized carbons (Fsp3) is 0.381. The highest BCUT2D eigenvalue weighted by molar-refractivity contribution is 5.70. The zero-order chi connectivity index (χ0) is 21.1. The Labute approximate surface area is 172 Å². The SMILES string of the molecule is Cc1cc(Nc2nccc(C(F)(F)F)n2)cc(-c2cnn(CCC3CCCN3)c2)c1. The van der Waals surface area contributed by atoms with E-state index in [-0.39, 0.29) is 5.95 Å². The molecule has 0 aliphatic carbocycles. The van der Waals surface area contributed by atoms with Crippen LogP contribution < -0.4 is 10.6 Å². The van der Waals surface area contributed by atoms with Gasteiger partial charge in [-0.05, 0) is 62.1 Å². The summed E-state index contributed by atoms with van der Waals surface area (Å²) in [5, 5.41) is 10.8. The second-order valence-electron chi connectivity index (χ2n) is 7.55. The van der Waals surface area contributed by atoms with E-state index in [2.05, 4.69) is 25.7 Å². The fourth-order valence-electron chi connectivity index (χ4n) is 3.65. The number of nitrogens with one attached hydrogen (secondary N) is 2. The van der Waals surface area contributed by atoms with Gasteiger partial charge >= 0.3 is 6.18 Å². The van der Waals surface area contributed by atoms with Crippen LogP contribution in [0.3, 0.4) is 0 Å². The van der Waals surface area contributed by atoms with E-state index in [1.807, 2.05) is 36.0 Å². The van der Waals surface area contributed by atoms with Gasteiger partial charge in [0.1, 0.15) is 5.69 Å². The van der Waals surface area contributed by atoms with Gasteiger partial charge in [0, 0.05) is 36.2 Å². The third kappa shape index (κ3) is 4.96. The van der Waals surface area contributed by atoms with Crippen molar-refractivity contribution in [3.63, 3.8) is 0 Å². The number of hydrogen-bond acceptors (Lipinski definition) is 5. The van der Waals surface area contributed by atoms with Crippen LogP contribution >= 0.6 is 0 Å². The molecule has 3 aromatic rings. The Kier molecular flexibility index (Phi) is 5.72. The first kappa shape index (κ1) is 20.3. The summed E-state index contributed by atoms with van der Waals surface area (Å²) in [6.07, 6.45) is 3.85. The molecule has 9 heteroatoms. The average Bonchev–Trinajstić information content (AvgIpc) is 3.37. The zero-order valence-corrected chi connectivity index (χ0v) is 16.6. The molecule has 0 spiro atoms. The van der Waals surface area contributed by atoms with Gasteiger partial charge in [-0.3, -0.25) is 4.68 Å². The number of benzene rings is 1. The van der Waals surface area contributed by atoms with Crippen molar-refractivity contribution in [1.82, 2.24) is 25.1 Å². The number of aryl methyl sites for hydroxylation is 2. The molecule has 4 rings (SSSR count). The van der Waals surface area contributed by atoms with E-state index >= 15 is 0 Å². The van der Waals surface area contributed by atoms with Crippen LogP contribution in [0.15, 0.2) is 42.9 Å². The summed E-state index contributed by atoms with van der Waals surface area (Å²) in [5.41, 5.74) is 2.48. The highest BCUT2D eigenvalue weighted by Crippen LogP contribution is 2.29. The highest BCUT2D eigenvalue weighted by atomic mass is 19.4. The van der Waals surface area contributed by atoms with E-state index < -0.39 is 11.9 Å². The van der Waals surface area contributed by atoms with Gasteiger partial charge in [0.25, 0.3) is 0 Å². The standard InChI is InChI=1S/C21H23F3N6/c1-14-9-15(16-12-27-30(13-16)8-5-17-3-2-6-25-17)11-18(10-14)28-20-26-7-4-19(29-20)21(22,23)24/h4,7,9-13,17,25H,2-3,5-6,8H2,1H3,(H,26,28,29). The first-order valence-corrected chi connectivity index (χ1v) is 9.92. The van der Waals surface area contributed by atoms with Crippen molar-refractivity contribution in [2.75, 3.05) is 11.9 Å². The lowest BCUT2D eigenvalue weighted by Crippen LogP contribution is -2.22. The number of nitrogens with zero attached hydrogens (tertiary/aromatic N) is 4. The highest BCUT2D eigenvalue weighted by Gasteiger charge is 2.32. The molecule has 1 aromatic carbocycles. The summed E-state index contributed by atoms with van der Waals surface area (Å²) in [6, 6.07) is 7.11. The van der Waals surface area contributed by atoms with Crippen molar-refractivity contribution >= 4 is 11.6 Å². The van der Waals surface area contributed by atoms with E-state index in [9.17, 15) is 13.2 Å². The topological polar surface area (TPSA) is 67.7 Å². The lowest BCUT2D eigenvalue weighted by molar-refractivity contribution is -0.141. The van der Waals surface area contributed by atoms with Crippen LogP contribution in [0.4, 0.5) is 24.8 Å². The molecule has 2 N–H and O–H groups in total. The smallest absolute Gasteiger partial charge is 0.324 e. The van der Waals surface area contributed by atoms with Crippen LogP contribution in [0.1, 0.15) is 30.5 Å². The van der Waals surface area contributed by atoms with Gasteiger partial charge in [-0.25, -0.2) is 9.97 Å². The molecule has 2 aromatic heterocycles. The Bertz CT molecular complexity index is 1010. The summed E-state index contributed by atoms with van der Waals surface area (Å²) >= 11 is 0. The molecule has 1 fully saturated rings. The summed E-state index contributed by atoms with van der Waals surface area (Å²) < 4.78 is 40.6. The molecule has 0 radical (unpaired) electrons. The number of alkyl halides is 3. The number of hydrogen-bond donors (Lipinski definition) is 2. The van der Waals surface area contributed by atoms with Gasteiger partial charge in [-0.15, -0.1) is 0 Å². The molecule has 0 amide bonds. The molecular formula is C21H23F3N6. The maximum Gasteiger partial charge on any atom is 0.433 e. The molecule has 0 saturated carbocycles. The Hall–Kier alpha value is -2.94. The monoisotopic (exact) mass is 416 g/mol. The molecule has 6 nitrogen and oxygen atoms in total. The van der Waals surface area contributed by atoms with E-state index in [0.29, 0.717) is 11.7 Å². The molecule has 158 valence electrons. The van der Waals surface area contributed by atoms with E-state index in [1.54, 1.807) is 6.20 Å². The maximum absolute atomic E-state index is 12.9. The molecule has 30 heavy (non-hydrogen) atoms. The lowest BCUT2D eigenvalue weighted by atomic mass is 10.1. The van der Waals surface area contributed by atoms with Crippen LogP contribution in [0.5, 0.6) is 0 Å². The third-order valence-electron chi connectivity index (χ3n) is 5.12. The van der Waals surface area contributed by atoms with Crippen molar-refractivity contribution in [1.29, 1.82) is 0 Å². The van der Waals surface area contributed by atoms with Crippen LogP contribution in [0.25, 0.3) is 11.1 Å². The molecule has 1 aliphatic heterocycles. The maximum atomic E-state index is 12.9. The normalized spacial score (nSPS) is 16.7. The van der Waals surface area contributed by atoms with Gasteiger partial charge in [0.2, 0.25) is 5.95 Å². The fourth-order valence-corrected chi connectivity index (χ4v) is 3.65. The number of rotatable bonds is 6. The van der Waals surface area contributed by atoms with Gasteiger partial charge < -0.3 is 10.6 Å². The average molecular weight is 416 g/mol. The van der Waals surface area contributed by atoms with E-state index in [0.717, 1.165) is 48.5 Å². The predicted octanol–water partition coefficient (Wildman–Crippen LogP) is 4.55. The first-order chi connectivity index (χ1) is 14.4. The molecule has 1 aliphatic rings. The molecule has 0 bridgehead atoms. The molecule has 1 saturated heterocycles. The van der Waals surface area contributed by atoms with Crippen LogP contribution in [-0.2, 0) is 12.7 Å². The minimum Gasteiger partial charge on any atom is -0.324 e. The summed E-state index contributed by atoms with van der Waals surface area (Å²) in [7, 11) is 0. The lowest BCUT2D eigenvalue weighted by Gasteiger charge is -2.11. The Morgan fingerprint density at radius 1 is 1.23 bits per heavy atom. The predicted molar refractivity (Wildman–Crippen MR) is 108 cm³/mol. The zero-order valence-electron chi connectivity index (χ0n) is 16.6. The first-order valence-electron chi connectivity index (χ1n) is 9.92. The summed E-state index contributed by atoms with van der Waals surface area (Å²) in [5.74, 6) is -0.0962. The second-order valence-corrected chi connectivity index (χ2v) is 7.55.